The molecule has 1 unspecified atom stereocenters. The zero-order valence-corrected chi connectivity index (χ0v) is 16.4. The maximum atomic E-state index is 10.1. The van der Waals surface area contributed by atoms with Crippen molar-refractivity contribution in [2.75, 3.05) is 19.6 Å². The third-order valence-corrected chi connectivity index (χ3v) is 3.35. The van der Waals surface area contributed by atoms with Gasteiger partial charge in [0.1, 0.15) is 0 Å². The minimum absolute atomic E-state index is 0. The number of nitrogens with zero attached hydrogens (tertiary/aromatic N) is 1. The van der Waals surface area contributed by atoms with Crippen LogP contribution in [-0.2, 0) is 0 Å². The van der Waals surface area contributed by atoms with Crippen molar-refractivity contribution in [3.63, 3.8) is 0 Å². The van der Waals surface area contributed by atoms with Gasteiger partial charge in [0.05, 0.1) is 12.6 Å². The highest BCUT2D eigenvalue weighted by Gasteiger charge is 2.07. The summed E-state index contributed by atoms with van der Waals surface area (Å²) in [6, 6.07) is 7.20. The van der Waals surface area contributed by atoms with Crippen LogP contribution in [0.15, 0.2) is 29.3 Å². The molecule has 0 amide bonds. The third-order valence-electron chi connectivity index (χ3n) is 3.09. The number of hydrogen-bond donors (Lipinski definition) is 3. The first kappa shape index (κ1) is 21.5. The van der Waals surface area contributed by atoms with Crippen molar-refractivity contribution in [2.24, 2.45) is 4.99 Å². The lowest BCUT2D eigenvalue weighted by molar-refractivity contribution is 0.187. The maximum Gasteiger partial charge on any atom is 0.191 e. The van der Waals surface area contributed by atoms with Gasteiger partial charge in [0.2, 0.25) is 0 Å². The molecule has 0 bridgehead atoms. The molecule has 3 N–H and O–H groups in total. The Bertz CT molecular complexity index is 426. The first-order valence-corrected chi connectivity index (χ1v) is 8.00. The molecule has 22 heavy (non-hydrogen) atoms. The van der Waals surface area contributed by atoms with Crippen LogP contribution in [0, 0.1) is 0 Å². The zero-order chi connectivity index (χ0) is 15.5. The molecule has 0 aliphatic heterocycles. The molecule has 1 aromatic carbocycles. The van der Waals surface area contributed by atoms with Crippen LogP contribution >= 0.6 is 35.6 Å². The van der Waals surface area contributed by atoms with Gasteiger partial charge in [0.15, 0.2) is 5.96 Å². The molecule has 1 rings (SSSR count). The van der Waals surface area contributed by atoms with Crippen molar-refractivity contribution < 1.29 is 5.11 Å². The largest absolute Gasteiger partial charge is 0.386 e. The predicted molar refractivity (Wildman–Crippen MR) is 105 cm³/mol. The number of aliphatic hydroxyl groups excluding tert-OH is 1. The minimum Gasteiger partial charge on any atom is -0.386 e. The Kier molecular flexibility index (Phi) is 12.6. The van der Waals surface area contributed by atoms with E-state index in [0.717, 1.165) is 31.0 Å². The number of unbranched alkanes of at least 4 members (excludes halogenated alkanes) is 2. The molecule has 0 saturated heterocycles. The first-order valence-electron chi connectivity index (χ1n) is 7.63. The summed E-state index contributed by atoms with van der Waals surface area (Å²) in [4.78, 5) is 4.42. The highest BCUT2D eigenvalue weighted by atomic mass is 127. The lowest BCUT2D eigenvalue weighted by Gasteiger charge is -2.13. The van der Waals surface area contributed by atoms with Gasteiger partial charge in [-0.1, -0.05) is 43.5 Å². The number of rotatable bonds is 8. The molecule has 0 radical (unpaired) electrons. The highest BCUT2D eigenvalue weighted by molar-refractivity contribution is 14.0. The summed E-state index contributed by atoms with van der Waals surface area (Å²) in [5.74, 6) is 0.751. The van der Waals surface area contributed by atoms with Gasteiger partial charge in [0.25, 0.3) is 0 Å². The first-order chi connectivity index (χ1) is 10.2. The molecule has 4 nitrogen and oxygen atoms in total. The van der Waals surface area contributed by atoms with E-state index in [-0.39, 0.29) is 24.0 Å². The van der Waals surface area contributed by atoms with Gasteiger partial charge in [-0.3, -0.25) is 4.99 Å². The maximum absolute atomic E-state index is 10.1. The van der Waals surface area contributed by atoms with E-state index in [4.69, 9.17) is 11.6 Å². The van der Waals surface area contributed by atoms with E-state index in [9.17, 15) is 5.11 Å². The smallest absolute Gasteiger partial charge is 0.191 e. The predicted octanol–water partition coefficient (Wildman–Crippen LogP) is 3.74. The second kappa shape index (κ2) is 13.0. The van der Waals surface area contributed by atoms with Crippen molar-refractivity contribution in [3.05, 3.63) is 34.9 Å². The van der Waals surface area contributed by atoms with Gasteiger partial charge >= 0.3 is 0 Å². The molecule has 0 saturated carbocycles. The van der Waals surface area contributed by atoms with Gasteiger partial charge in [-0.15, -0.1) is 24.0 Å². The Labute approximate surface area is 155 Å². The summed E-state index contributed by atoms with van der Waals surface area (Å²) >= 11 is 5.84. The number of aliphatic imine (C=N–C) groups is 1. The van der Waals surface area contributed by atoms with Gasteiger partial charge < -0.3 is 15.7 Å². The molecule has 0 aromatic heterocycles. The molecule has 0 aliphatic carbocycles. The van der Waals surface area contributed by atoms with Crippen LogP contribution < -0.4 is 10.6 Å². The summed E-state index contributed by atoms with van der Waals surface area (Å²) in [6.07, 6.45) is 2.92. The summed E-state index contributed by atoms with van der Waals surface area (Å²) in [6.45, 7) is 6.23. The van der Waals surface area contributed by atoms with Crippen LogP contribution in [0.25, 0.3) is 0 Å². The molecular formula is C16H27ClIN3O. The fourth-order valence-corrected chi connectivity index (χ4v) is 2.02. The fraction of sp³-hybridized carbons (Fsp3) is 0.562. The minimum atomic E-state index is -0.617. The number of hydrogen-bond acceptors (Lipinski definition) is 2. The number of halogens is 2. The summed E-state index contributed by atoms with van der Waals surface area (Å²) < 4.78 is 0. The Hall–Kier alpha value is -0.530. The summed E-state index contributed by atoms with van der Waals surface area (Å²) in [5, 5.41) is 17.3. The van der Waals surface area contributed by atoms with Crippen LogP contribution in [0.2, 0.25) is 5.02 Å². The molecule has 0 fully saturated rings. The Balaban J connectivity index is 0.00000441. The molecule has 0 aliphatic rings. The lowest BCUT2D eigenvalue weighted by atomic mass is 10.1. The van der Waals surface area contributed by atoms with Crippen LogP contribution in [0.4, 0.5) is 0 Å². The zero-order valence-electron chi connectivity index (χ0n) is 13.3. The summed E-state index contributed by atoms with van der Waals surface area (Å²) in [7, 11) is 0. The van der Waals surface area contributed by atoms with E-state index in [0.29, 0.717) is 11.6 Å². The van der Waals surface area contributed by atoms with Gasteiger partial charge in [-0.25, -0.2) is 0 Å². The van der Waals surface area contributed by atoms with E-state index in [1.165, 1.54) is 12.8 Å². The van der Waals surface area contributed by atoms with Crippen molar-refractivity contribution in [3.8, 4) is 0 Å². The van der Waals surface area contributed by atoms with Gasteiger partial charge in [-0.05, 0) is 31.0 Å². The molecule has 6 heteroatoms. The number of nitrogens with one attached hydrogen (secondary N) is 2. The lowest BCUT2D eigenvalue weighted by Crippen LogP contribution is -2.38. The van der Waals surface area contributed by atoms with Crippen molar-refractivity contribution in [1.82, 2.24) is 10.6 Å². The SMILES string of the molecule is CCCCCNC(=NCC(O)c1ccc(Cl)cc1)NCC.I. The van der Waals surface area contributed by atoms with Gasteiger partial charge in [-0.2, -0.15) is 0 Å². The molecule has 0 spiro atoms. The normalized spacial score (nSPS) is 12.5. The standard InChI is InChI=1S/C16H26ClN3O.HI/c1-3-5-6-11-19-16(18-4-2)20-12-15(21)13-7-9-14(17)10-8-13;/h7-10,15,21H,3-6,11-12H2,1-2H3,(H2,18,19,20);1H. The second-order valence-corrected chi connectivity index (χ2v) is 5.36. The van der Waals surface area contributed by atoms with Crippen molar-refractivity contribution >= 4 is 41.5 Å². The van der Waals surface area contributed by atoms with E-state index in [2.05, 4.69) is 22.5 Å². The average molecular weight is 440 g/mol. The van der Waals surface area contributed by atoms with Crippen LogP contribution in [0.3, 0.4) is 0 Å². The molecule has 126 valence electrons. The molecular weight excluding hydrogens is 413 g/mol. The molecule has 0 heterocycles. The summed E-state index contributed by atoms with van der Waals surface area (Å²) in [5.41, 5.74) is 0.824. The number of aliphatic hydroxyl groups is 1. The van der Waals surface area contributed by atoms with Crippen molar-refractivity contribution in [2.45, 2.75) is 39.2 Å². The molecule has 1 atom stereocenters. The third kappa shape index (κ3) is 8.80. The van der Waals surface area contributed by atoms with Crippen LogP contribution in [0.5, 0.6) is 0 Å². The van der Waals surface area contributed by atoms with E-state index >= 15 is 0 Å². The number of guanidine groups is 1. The molecule has 1 aromatic rings. The number of benzene rings is 1. The Morgan fingerprint density at radius 2 is 1.86 bits per heavy atom. The van der Waals surface area contributed by atoms with E-state index < -0.39 is 6.10 Å². The van der Waals surface area contributed by atoms with Crippen LogP contribution in [-0.4, -0.2) is 30.7 Å². The van der Waals surface area contributed by atoms with Crippen LogP contribution in [0.1, 0.15) is 44.8 Å². The Morgan fingerprint density at radius 3 is 2.45 bits per heavy atom. The van der Waals surface area contributed by atoms with E-state index in [1.807, 2.05) is 19.1 Å². The second-order valence-electron chi connectivity index (χ2n) is 4.92. The fourth-order valence-electron chi connectivity index (χ4n) is 1.89. The van der Waals surface area contributed by atoms with E-state index in [1.54, 1.807) is 12.1 Å². The quantitative estimate of drug-likeness (QED) is 0.250. The average Bonchev–Trinajstić information content (AvgIpc) is 2.49. The van der Waals surface area contributed by atoms with Gasteiger partial charge in [0, 0.05) is 18.1 Å². The highest BCUT2D eigenvalue weighted by Crippen LogP contribution is 2.16. The Morgan fingerprint density at radius 1 is 1.18 bits per heavy atom. The van der Waals surface area contributed by atoms with Crippen molar-refractivity contribution in [1.29, 1.82) is 0 Å². The topological polar surface area (TPSA) is 56.7 Å². The monoisotopic (exact) mass is 439 g/mol.